The summed E-state index contributed by atoms with van der Waals surface area (Å²) in [6.07, 6.45) is 3.37. The van der Waals surface area contributed by atoms with E-state index in [1.165, 1.54) is 6.92 Å². The molecule has 0 atom stereocenters. The smallest absolute Gasteiger partial charge is 0.262 e. The zero-order valence-corrected chi connectivity index (χ0v) is 13.8. The van der Waals surface area contributed by atoms with E-state index in [0.717, 1.165) is 0 Å². The van der Waals surface area contributed by atoms with Crippen molar-refractivity contribution in [2.45, 2.75) is 33.2 Å². The predicted molar refractivity (Wildman–Crippen MR) is 87.8 cm³/mol. The van der Waals surface area contributed by atoms with E-state index in [1.54, 1.807) is 41.3 Å². The number of nitrogens with one attached hydrogen (secondary N) is 1. The SMILES string of the molecule is CC(=O)c1cccc(OCC(=O)Nc2cnn(C(C)(C)C)c2)c1. The van der Waals surface area contributed by atoms with Crippen molar-refractivity contribution in [1.29, 1.82) is 0 Å². The molecular formula is C17H21N3O3. The number of ether oxygens (including phenoxy) is 1. The van der Waals surface area contributed by atoms with Crippen LogP contribution in [0.2, 0.25) is 0 Å². The van der Waals surface area contributed by atoms with Crippen LogP contribution in [-0.4, -0.2) is 28.1 Å². The number of ketones is 1. The van der Waals surface area contributed by atoms with Crippen molar-refractivity contribution in [3.05, 3.63) is 42.2 Å². The van der Waals surface area contributed by atoms with Crippen molar-refractivity contribution < 1.29 is 14.3 Å². The number of hydrogen-bond donors (Lipinski definition) is 1. The van der Waals surface area contributed by atoms with Crippen molar-refractivity contribution >= 4 is 17.4 Å². The molecule has 0 fully saturated rings. The highest BCUT2D eigenvalue weighted by Gasteiger charge is 2.15. The fourth-order valence-corrected chi connectivity index (χ4v) is 1.91. The summed E-state index contributed by atoms with van der Waals surface area (Å²) in [4.78, 5) is 23.2. The fourth-order valence-electron chi connectivity index (χ4n) is 1.91. The van der Waals surface area contributed by atoms with E-state index in [-0.39, 0.29) is 23.8 Å². The van der Waals surface area contributed by atoms with E-state index >= 15 is 0 Å². The van der Waals surface area contributed by atoms with Gasteiger partial charge in [-0.1, -0.05) is 12.1 Å². The van der Waals surface area contributed by atoms with Crippen molar-refractivity contribution in [3.63, 3.8) is 0 Å². The highest BCUT2D eigenvalue weighted by atomic mass is 16.5. The van der Waals surface area contributed by atoms with Crippen molar-refractivity contribution in [2.24, 2.45) is 0 Å². The molecule has 6 heteroatoms. The minimum absolute atomic E-state index is 0.0468. The number of amides is 1. The number of carbonyl (C=O) groups excluding carboxylic acids is 2. The van der Waals surface area contributed by atoms with Crippen LogP contribution in [0.4, 0.5) is 5.69 Å². The van der Waals surface area contributed by atoms with Crippen LogP contribution in [0, 0.1) is 0 Å². The monoisotopic (exact) mass is 315 g/mol. The van der Waals surface area contributed by atoms with Crippen molar-refractivity contribution in [1.82, 2.24) is 9.78 Å². The first-order valence-electron chi connectivity index (χ1n) is 7.34. The number of carbonyl (C=O) groups is 2. The molecule has 23 heavy (non-hydrogen) atoms. The summed E-state index contributed by atoms with van der Waals surface area (Å²) in [5.41, 5.74) is 1.02. The molecule has 1 amide bonds. The minimum atomic E-state index is -0.285. The normalized spacial score (nSPS) is 11.1. The van der Waals surface area contributed by atoms with Gasteiger partial charge >= 0.3 is 0 Å². The van der Waals surface area contributed by atoms with Gasteiger partial charge in [0.15, 0.2) is 12.4 Å². The second-order valence-electron chi connectivity index (χ2n) is 6.27. The van der Waals surface area contributed by atoms with E-state index < -0.39 is 0 Å². The standard InChI is InChI=1S/C17H21N3O3/c1-12(21)13-6-5-7-15(8-13)23-11-16(22)19-14-9-18-20(10-14)17(2,3)4/h5-10H,11H2,1-4H3,(H,19,22). The molecule has 0 radical (unpaired) electrons. The molecule has 122 valence electrons. The number of benzene rings is 1. The molecular weight excluding hydrogens is 294 g/mol. The van der Waals surface area contributed by atoms with E-state index in [2.05, 4.69) is 10.4 Å². The Kier molecular flexibility index (Phi) is 4.83. The van der Waals surface area contributed by atoms with Gasteiger partial charge in [0.25, 0.3) is 5.91 Å². The number of anilines is 1. The first kappa shape index (κ1) is 16.7. The van der Waals surface area contributed by atoms with Gasteiger partial charge in [0.2, 0.25) is 0 Å². The predicted octanol–water partition coefficient (Wildman–Crippen LogP) is 2.86. The zero-order valence-electron chi connectivity index (χ0n) is 13.8. The molecule has 1 heterocycles. The van der Waals surface area contributed by atoms with Crippen molar-refractivity contribution in [2.75, 3.05) is 11.9 Å². The quantitative estimate of drug-likeness (QED) is 0.861. The summed E-state index contributed by atoms with van der Waals surface area (Å²) in [5.74, 6) is 0.152. The Hall–Kier alpha value is -2.63. The molecule has 1 aromatic heterocycles. The van der Waals surface area contributed by atoms with Gasteiger partial charge in [-0.15, -0.1) is 0 Å². The maximum atomic E-state index is 11.9. The molecule has 1 aromatic carbocycles. The number of hydrogen-bond acceptors (Lipinski definition) is 4. The maximum absolute atomic E-state index is 11.9. The Bertz CT molecular complexity index is 714. The molecule has 0 bridgehead atoms. The lowest BCUT2D eigenvalue weighted by molar-refractivity contribution is -0.118. The van der Waals surface area contributed by atoms with Gasteiger partial charge in [0.05, 0.1) is 17.4 Å². The average molecular weight is 315 g/mol. The summed E-state index contributed by atoms with van der Waals surface area (Å²) in [6, 6.07) is 6.75. The van der Waals surface area contributed by atoms with Crippen molar-refractivity contribution in [3.8, 4) is 5.75 Å². The van der Waals surface area contributed by atoms with Crippen LogP contribution in [0.1, 0.15) is 38.1 Å². The van der Waals surface area contributed by atoms with Crippen LogP contribution < -0.4 is 10.1 Å². The number of rotatable bonds is 5. The van der Waals surface area contributed by atoms with E-state index in [1.807, 2.05) is 20.8 Å². The Morgan fingerprint density at radius 2 is 2.04 bits per heavy atom. The zero-order chi connectivity index (χ0) is 17.0. The van der Waals surface area contributed by atoms with Gasteiger partial charge in [-0.3, -0.25) is 14.3 Å². The van der Waals surface area contributed by atoms with E-state index in [4.69, 9.17) is 4.74 Å². The van der Waals surface area contributed by atoms with Crippen LogP contribution in [0.5, 0.6) is 5.75 Å². The third-order valence-electron chi connectivity index (χ3n) is 3.16. The number of aromatic nitrogens is 2. The molecule has 0 saturated heterocycles. The molecule has 2 rings (SSSR count). The second-order valence-corrected chi connectivity index (χ2v) is 6.27. The molecule has 0 saturated carbocycles. The van der Waals surface area contributed by atoms with Crippen LogP contribution in [0.25, 0.3) is 0 Å². The fraction of sp³-hybridized carbons (Fsp3) is 0.353. The minimum Gasteiger partial charge on any atom is -0.484 e. The summed E-state index contributed by atoms with van der Waals surface area (Å²) < 4.78 is 7.19. The molecule has 0 spiro atoms. The third kappa shape index (κ3) is 4.67. The first-order chi connectivity index (χ1) is 10.8. The third-order valence-corrected chi connectivity index (χ3v) is 3.16. The van der Waals surface area contributed by atoms with Gasteiger partial charge in [-0.25, -0.2) is 0 Å². The van der Waals surface area contributed by atoms with Crippen LogP contribution in [-0.2, 0) is 10.3 Å². The summed E-state index contributed by atoms with van der Waals surface area (Å²) >= 11 is 0. The summed E-state index contributed by atoms with van der Waals surface area (Å²) in [5, 5.41) is 6.94. The van der Waals surface area contributed by atoms with Gasteiger partial charge in [0.1, 0.15) is 5.75 Å². The van der Waals surface area contributed by atoms with Crippen LogP contribution in [0.15, 0.2) is 36.7 Å². The van der Waals surface area contributed by atoms with Gasteiger partial charge in [0, 0.05) is 11.8 Å². The lowest BCUT2D eigenvalue weighted by Crippen LogP contribution is -2.22. The van der Waals surface area contributed by atoms with Gasteiger partial charge in [-0.2, -0.15) is 5.10 Å². The van der Waals surface area contributed by atoms with Crippen LogP contribution in [0.3, 0.4) is 0 Å². The number of Topliss-reactive ketones (excluding diaryl/α,β-unsaturated/α-hetero) is 1. The van der Waals surface area contributed by atoms with Gasteiger partial charge < -0.3 is 10.1 Å². The Labute approximate surface area is 135 Å². The lowest BCUT2D eigenvalue weighted by atomic mass is 10.1. The van der Waals surface area contributed by atoms with E-state index in [0.29, 0.717) is 17.0 Å². The first-order valence-corrected chi connectivity index (χ1v) is 7.34. The molecule has 0 aliphatic rings. The highest BCUT2D eigenvalue weighted by Crippen LogP contribution is 2.16. The Morgan fingerprint density at radius 3 is 2.65 bits per heavy atom. The van der Waals surface area contributed by atoms with Gasteiger partial charge in [-0.05, 0) is 39.8 Å². The maximum Gasteiger partial charge on any atom is 0.262 e. The topological polar surface area (TPSA) is 73.2 Å². The number of nitrogens with zero attached hydrogens (tertiary/aromatic N) is 2. The largest absolute Gasteiger partial charge is 0.484 e. The molecule has 0 unspecified atom stereocenters. The molecule has 2 aromatic rings. The second kappa shape index (κ2) is 6.64. The highest BCUT2D eigenvalue weighted by molar-refractivity contribution is 5.94. The average Bonchev–Trinajstić information content (AvgIpc) is 2.94. The molecule has 1 N–H and O–H groups in total. The Morgan fingerprint density at radius 1 is 1.30 bits per heavy atom. The lowest BCUT2D eigenvalue weighted by Gasteiger charge is -2.18. The summed E-state index contributed by atoms with van der Waals surface area (Å²) in [6.45, 7) is 7.42. The summed E-state index contributed by atoms with van der Waals surface area (Å²) in [7, 11) is 0. The molecule has 0 aliphatic heterocycles. The Balaban J connectivity index is 1.91. The molecule has 6 nitrogen and oxygen atoms in total. The molecule has 0 aliphatic carbocycles. The van der Waals surface area contributed by atoms with E-state index in [9.17, 15) is 9.59 Å². The van der Waals surface area contributed by atoms with Crippen LogP contribution >= 0.6 is 0 Å².